The number of pyridine rings is 1. The van der Waals surface area contributed by atoms with Gasteiger partial charge in [0.25, 0.3) is 0 Å². The standard InChI is InChI=1S/C15H16F2N2/c1-2-18-15(14-5-3-4-8-19-14)9-11-6-7-12(16)10-13(11)17/h3-8,10,15,18H,2,9H2,1H3. The second kappa shape index (κ2) is 6.38. The predicted octanol–water partition coefficient (Wildman–Crippen LogP) is 3.25. The fourth-order valence-corrected chi connectivity index (χ4v) is 2.02. The Labute approximate surface area is 111 Å². The number of rotatable bonds is 5. The third kappa shape index (κ3) is 3.58. The van der Waals surface area contributed by atoms with Crippen LogP contribution in [0.25, 0.3) is 0 Å². The van der Waals surface area contributed by atoms with E-state index < -0.39 is 11.6 Å². The number of aromatic nitrogens is 1. The van der Waals surface area contributed by atoms with Crippen molar-refractivity contribution < 1.29 is 8.78 Å². The van der Waals surface area contributed by atoms with Gasteiger partial charge in [-0.05, 0) is 36.7 Å². The number of nitrogens with zero attached hydrogens (tertiary/aromatic N) is 1. The van der Waals surface area contributed by atoms with E-state index in [0.717, 1.165) is 18.3 Å². The van der Waals surface area contributed by atoms with Gasteiger partial charge in [0, 0.05) is 12.3 Å². The molecular formula is C15H16F2N2. The highest BCUT2D eigenvalue weighted by Gasteiger charge is 2.14. The zero-order valence-electron chi connectivity index (χ0n) is 10.7. The normalized spacial score (nSPS) is 12.4. The minimum atomic E-state index is -0.556. The van der Waals surface area contributed by atoms with Gasteiger partial charge < -0.3 is 5.32 Å². The lowest BCUT2D eigenvalue weighted by Crippen LogP contribution is -2.24. The van der Waals surface area contributed by atoms with E-state index >= 15 is 0 Å². The van der Waals surface area contributed by atoms with Gasteiger partial charge in [0.15, 0.2) is 0 Å². The van der Waals surface area contributed by atoms with Gasteiger partial charge in [0.05, 0.1) is 11.7 Å². The second-order valence-electron chi connectivity index (χ2n) is 4.30. The number of halogens is 2. The van der Waals surface area contributed by atoms with Crippen LogP contribution < -0.4 is 5.32 Å². The highest BCUT2D eigenvalue weighted by molar-refractivity contribution is 5.22. The van der Waals surface area contributed by atoms with Crippen LogP contribution in [-0.4, -0.2) is 11.5 Å². The predicted molar refractivity (Wildman–Crippen MR) is 70.7 cm³/mol. The average molecular weight is 262 g/mol. The quantitative estimate of drug-likeness (QED) is 0.894. The van der Waals surface area contributed by atoms with Gasteiger partial charge in [0.2, 0.25) is 0 Å². The maximum absolute atomic E-state index is 13.7. The second-order valence-corrected chi connectivity index (χ2v) is 4.30. The third-order valence-corrected chi connectivity index (χ3v) is 2.93. The van der Waals surface area contributed by atoms with E-state index in [1.165, 1.54) is 12.1 Å². The van der Waals surface area contributed by atoms with Gasteiger partial charge in [0.1, 0.15) is 11.6 Å². The van der Waals surface area contributed by atoms with E-state index in [0.29, 0.717) is 12.0 Å². The molecule has 2 nitrogen and oxygen atoms in total. The van der Waals surface area contributed by atoms with Crippen molar-refractivity contribution >= 4 is 0 Å². The highest BCUT2D eigenvalue weighted by atomic mass is 19.1. The first-order valence-electron chi connectivity index (χ1n) is 6.29. The van der Waals surface area contributed by atoms with Gasteiger partial charge in [-0.15, -0.1) is 0 Å². The van der Waals surface area contributed by atoms with Crippen molar-refractivity contribution in [2.45, 2.75) is 19.4 Å². The molecule has 0 spiro atoms. The molecule has 0 bridgehead atoms. The van der Waals surface area contributed by atoms with E-state index in [-0.39, 0.29) is 6.04 Å². The summed E-state index contributed by atoms with van der Waals surface area (Å²) in [6, 6.07) is 9.23. The molecule has 0 saturated carbocycles. The van der Waals surface area contributed by atoms with Crippen molar-refractivity contribution in [3.05, 3.63) is 65.5 Å². The van der Waals surface area contributed by atoms with E-state index in [2.05, 4.69) is 10.3 Å². The average Bonchev–Trinajstić information content (AvgIpc) is 2.42. The largest absolute Gasteiger partial charge is 0.309 e. The first-order chi connectivity index (χ1) is 9.20. The SMILES string of the molecule is CCNC(Cc1ccc(F)cc1F)c1ccccn1. The van der Waals surface area contributed by atoms with Gasteiger partial charge in [-0.3, -0.25) is 4.98 Å². The lowest BCUT2D eigenvalue weighted by molar-refractivity contribution is 0.512. The molecule has 2 rings (SSSR count). The van der Waals surface area contributed by atoms with Crippen molar-refractivity contribution in [1.29, 1.82) is 0 Å². The van der Waals surface area contributed by atoms with Gasteiger partial charge >= 0.3 is 0 Å². The Balaban J connectivity index is 2.21. The fourth-order valence-electron chi connectivity index (χ4n) is 2.02. The van der Waals surface area contributed by atoms with Crippen LogP contribution in [0.3, 0.4) is 0 Å². The summed E-state index contributed by atoms with van der Waals surface area (Å²) < 4.78 is 26.6. The van der Waals surface area contributed by atoms with Gasteiger partial charge in [-0.2, -0.15) is 0 Å². The molecule has 1 N–H and O–H groups in total. The number of hydrogen-bond acceptors (Lipinski definition) is 2. The van der Waals surface area contributed by atoms with E-state index in [4.69, 9.17) is 0 Å². The lowest BCUT2D eigenvalue weighted by Gasteiger charge is -2.17. The zero-order chi connectivity index (χ0) is 13.7. The summed E-state index contributed by atoms with van der Waals surface area (Å²) >= 11 is 0. The molecule has 0 saturated heterocycles. The van der Waals surface area contributed by atoms with E-state index in [1.54, 1.807) is 6.20 Å². The lowest BCUT2D eigenvalue weighted by atomic mass is 10.0. The minimum absolute atomic E-state index is 0.0776. The summed E-state index contributed by atoms with van der Waals surface area (Å²) in [4.78, 5) is 4.28. The summed E-state index contributed by atoms with van der Waals surface area (Å²) in [5.74, 6) is -1.07. The summed E-state index contributed by atoms with van der Waals surface area (Å²) in [6.45, 7) is 2.74. The van der Waals surface area contributed by atoms with Crippen LogP contribution >= 0.6 is 0 Å². The van der Waals surface area contributed by atoms with Crippen LogP contribution in [0.5, 0.6) is 0 Å². The van der Waals surface area contributed by atoms with Crippen molar-refractivity contribution in [3.8, 4) is 0 Å². The molecule has 1 unspecified atom stereocenters. The maximum atomic E-state index is 13.7. The molecule has 100 valence electrons. The molecule has 0 amide bonds. The first-order valence-corrected chi connectivity index (χ1v) is 6.29. The monoisotopic (exact) mass is 262 g/mol. The Bertz CT molecular complexity index is 529. The molecule has 0 radical (unpaired) electrons. The molecule has 0 aliphatic heterocycles. The van der Waals surface area contributed by atoms with Crippen molar-refractivity contribution in [1.82, 2.24) is 10.3 Å². The van der Waals surface area contributed by atoms with Crippen molar-refractivity contribution in [2.24, 2.45) is 0 Å². The summed E-state index contributed by atoms with van der Waals surface area (Å²) in [5, 5.41) is 3.27. The maximum Gasteiger partial charge on any atom is 0.129 e. The summed E-state index contributed by atoms with van der Waals surface area (Å²) in [6.07, 6.45) is 2.15. The summed E-state index contributed by atoms with van der Waals surface area (Å²) in [7, 11) is 0. The van der Waals surface area contributed by atoms with Crippen LogP contribution in [0, 0.1) is 11.6 Å². The Kier molecular flexibility index (Phi) is 4.58. The first kappa shape index (κ1) is 13.6. The van der Waals surface area contributed by atoms with Crippen LogP contribution in [0.15, 0.2) is 42.6 Å². The molecule has 1 atom stereocenters. The van der Waals surface area contributed by atoms with Crippen molar-refractivity contribution in [2.75, 3.05) is 6.54 Å². The van der Waals surface area contributed by atoms with Crippen LogP contribution in [0.2, 0.25) is 0 Å². The molecule has 19 heavy (non-hydrogen) atoms. The summed E-state index contributed by atoms with van der Waals surface area (Å²) in [5.41, 5.74) is 1.34. The molecular weight excluding hydrogens is 246 g/mol. The third-order valence-electron chi connectivity index (χ3n) is 2.93. The number of nitrogens with one attached hydrogen (secondary N) is 1. The van der Waals surface area contributed by atoms with E-state index in [9.17, 15) is 8.78 Å². The number of likely N-dealkylation sites (N-methyl/N-ethyl adjacent to an activating group) is 1. The molecule has 1 aromatic heterocycles. The smallest absolute Gasteiger partial charge is 0.129 e. The van der Waals surface area contributed by atoms with E-state index in [1.807, 2.05) is 25.1 Å². The topological polar surface area (TPSA) is 24.9 Å². The Hall–Kier alpha value is -1.81. The Morgan fingerprint density at radius 1 is 1.21 bits per heavy atom. The van der Waals surface area contributed by atoms with Crippen LogP contribution in [0.1, 0.15) is 24.2 Å². The molecule has 0 fully saturated rings. The molecule has 2 aromatic rings. The molecule has 1 heterocycles. The number of hydrogen-bond donors (Lipinski definition) is 1. The molecule has 1 aromatic carbocycles. The Morgan fingerprint density at radius 3 is 2.68 bits per heavy atom. The van der Waals surface area contributed by atoms with Crippen LogP contribution in [-0.2, 0) is 6.42 Å². The molecule has 0 aliphatic rings. The fraction of sp³-hybridized carbons (Fsp3) is 0.267. The number of benzene rings is 1. The molecule has 0 aliphatic carbocycles. The molecule has 4 heteroatoms. The van der Waals surface area contributed by atoms with Crippen LogP contribution in [0.4, 0.5) is 8.78 Å². The Morgan fingerprint density at radius 2 is 2.05 bits per heavy atom. The van der Waals surface area contributed by atoms with Crippen molar-refractivity contribution in [3.63, 3.8) is 0 Å². The zero-order valence-corrected chi connectivity index (χ0v) is 10.7. The minimum Gasteiger partial charge on any atom is -0.309 e. The highest BCUT2D eigenvalue weighted by Crippen LogP contribution is 2.19. The van der Waals surface area contributed by atoms with Gasteiger partial charge in [-0.25, -0.2) is 8.78 Å². The van der Waals surface area contributed by atoms with Gasteiger partial charge in [-0.1, -0.05) is 19.1 Å².